The van der Waals surface area contributed by atoms with Crippen LogP contribution in [-0.4, -0.2) is 5.91 Å². The van der Waals surface area contributed by atoms with Crippen molar-refractivity contribution in [3.05, 3.63) is 64.2 Å². The summed E-state index contributed by atoms with van der Waals surface area (Å²) in [6.45, 7) is 8.69. The summed E-state index contributed by atoms with van der Waals surface area (Å²) < 4.78 is 0. The van der Waals surface area contributed by atoms with Crippen LogP contribution in [0.4, 0.5) is 5.69 Å². The zero-order valence-corrected chi connectivity index (χ0v) is 15.9. The highest BCUT2D eigenvalue weighted by molar-refractivity contribution is 6.04. The Kier molecular flexibility index (Phi) is 4.99. The van der Waals surface area contributed by atoms with Gasteiger partial charge in [0, 0.05) is 11.3 Å². The van der Waals surface area contributed by atoms with Gasteiger partial charge in [0.25, 0.3) is 5.91 Å². The fourth-order valence-electron chi connectivity index (χ4n) is 3.64. The first kappa shape index (κ1) is 17.7. The molecule has 1 aliphatic carbocycles. The van der Waals surface area contributed by atoms with E-state index in [0.717, 1.165) is 12.1 Å². The number of carbonyl (C=O) groups is 1. The van der Waals surface area contributed by atoms with Crippen LogP contribution in [0.3, 0.4) is 0 Å². The number of anilines is 1. The van der Waals surface area contributed by atoms with Crippen molar-refractivity contribution in [2.24, 2.45) is 0 Å². The van der Waals surface area contributed by atoms with Crippen molar-refractivity contribution in [2.75, 3.05) is 5.32 Å². The molecule has 2 heteroatoms. The Labute approximate surface area is 151 Å². The molecule has 0 heterocycles. The van der Waals surface area contributed by atoms with E-state index in [-0.39, 0.29) is 11.3 Å². The minimum atomic E-state index is -0.0304. The van der Waals surface area contributed by atoms with Crippen LogP contribution in [0.2, 0.25) is 0 Å². The highest BCUT2D eigenvalue weighted by atomic mass is 16.1. The van der Waals surface area contributed by atoms with E-state index in [1.165, 1.54) is 47.9 Å². The van der Waals surface area contributed by atoms with Crippen LogP contribution in [0.1, 0.15) is 72.6 Å². The van der Waals surface area contributed by atoms with Crippen molar-refractivity contribution in [2.45, 2.75) is 65.2 Å². The van der Waals surface area contributed by atoms with Crippen LogP contribution in [-0.2, 0) is 18.3 Å². The van der Waals surface area contributed by atoms with Crippen LogP contribution < -0.4 is 5.32 Å². The van der Waals surface area contributed by atoms with Crippen LogP contribution >= 0.6 is 0 Å². The highest BCUT2D eigenvalue weighted by Gasteiger charge is 2.16. The monoisotopic (exact) mass is 335 g/mol. The maximum absolute atomic E-state index is 12.7. The molecule has 0 radical (unpaired) electrons. The Morgan fingerprint density at radius 2 is 1.60 bits per heavy atom. The molecule has 0 saturated heterocycles. The van der Waals surface area contributed by atoms with Gasteiger partial charge in [-0.05, 0) is 78.5 Å². The molecule has 0 unspecified atom stereocenters. The summed E-state index contributed by atoms with van der Waals surface area (Å²) in [5.41, 5.74) is 7.14. The molecule has 2 nitrogen and oxygen atoms in total. The third kappa shape index (κ3) is 3.95. The van der Waals surface area contributed by atoms with Gasteiger partial charge in [0.1, 0.15) is 0 Å². The smallest absolute Gasteiger partial charge is 0.255 e. The molecule has 3 rings (SSSR count). The maximum Gasteiger partial charge on any atom is 0.255 e. The van der Waals surface area contributed by atoms with Crippen molar-refractivity contribution < 1.29 is 4.79 Å². The number of amides is 1. The summed E-state index contributed by atoms with van der Waals surface area (Å²) in [7, 11) is 0. The molecule has 1 N–H and O–H groups in total. The van der Waals surface area contributed by atoms with Gasteiger partial charge in [-0.1, -0.05) is 45.4 Å². The number of benzene rings is 2. The fraction of sp³-hybridized carbons (Fsp3) is 0.435. The topological polar surface area (TPSA) is 29.1 Å². The lowest BCUT2D eigenvalue weighted by Crippen LogP contribution is -2.15. The van der Waals surface area contributed by atoms with Gasteiger partial charge in [0.05, 0.1) is 0 Å². The Morgan fingerprint density at radius 3 is 2.28 bits per heavy atom. The highest BCUT2D eigenvalue weighted by Crippen LogP contribution is 2.29. The second-order valence-corrected chi connectivity index (χ2v) is 8.22. The van der Waals surface area contributed by atoms with Crippen molar-refractivity contribution in [1.82, 2.24) is 0 Å². The third-order valence-electron chi connectivity index (χ3n) is 5.33. The Balaban J connectivity index is 1.80. The zero-order chi connectivity index (χ0) is 18.0. The predicted octanol–water partition coefficient (Wildman–Crippen LogP) is 5.81. The predicted molar refractivity (Wildman–Crippen MR) is 106 cm³/mol. The summed E-state index contributed by atoms with van der Waals surface area (Å²) >= 11 is 0. The van der Waals surface area contributed by atoms with Crippen LogP contribution in [0.15, 0.2) is 36.4 Å². The molecule has 0 bridgehead atoms. The van der Waals surface area contributed by atoms with Crippen molar-refractivity contribution in [3.63, 3.8) is 0 Å². The van der Waals surface area contributed by atoms with E-state index >= 15 is 0 Å². The minimum Gasteiger partial charge on any atom is -0.322 e. The van der Waals surface area contributed by atoms with Gasteiger partial charge in [0.2, 0.25) is 0 Å². The molecule has 132 valence electrons. The summed E-state index contributed by atoms with van der Waals surface area (Å²) in [5.74, 6) is -0.0304. The molecule has 0 aromatic heterocycles. The van der Waals surface area contributed by atoms with Gasteiger partial charge < -0.3 is 5.32 Å². The van der Waals surface area contributed by atoms with Gasteiger partial charge in [-0.15, -0.1) is 0 Å². The quantitative estimate of drug-likeness (QED) is 0.689. The van der Waals surface area contributed by atoms with E-state index in [1.54, 1.807) is 0 Å². The lowest BCUT2D eigenvalue weighted by molar-refractivity contribution is 0.102. The van der Waals surface area contributed by atoms with E-state index in [4.69, 9.17) is 0 Å². The fourth-order valence-corrected chi connectivity index (χ4v) is 3.64. The largest absolute Gasteiger partial charge is 0.322 e. The SMILES string of the molecule is Cc1c(NC(=O)c2ccc(C(C)(C)C)cc2)ccc2c1CCCCC2. The summed E-state index contributed by atoms with van der Waals surface area (Å²) in [6, 6.07) is 12.2. The number of fused-ring (bicyclic) bond motifs is 1. The molecule has 0 fully saturated rings. The lowest BCUT2D eigenvalue weighted by Gasteiger charge is -2.19. The normalized spacial score (nSPS) is 14.6. The van der Waals surface area contributed by atoms with Crippen LogP contribution in [0, 0.1) is 6.92 Å². The number of nitrogens with one attached hydrogen (secondary N) is 1. The van der Waals surface area contributed by atoms with Gasteiger partial charge in [-0.3, -0.25) is 4.79 Å². The first-order chi connectivity index (χ1) is 11.9. The minimum absolute atomic E-state index is 0.0304. The molecule has 0 spiro atoms. The van der Waals surface area contributed by atoms with E-state index in [0.29, 0.717) is 5.56 Å². The summed E-state index contributed by atoms with van der Waals surface area (Å²) in [4.78, 5) is 12.7. The number of rotatable bonds is 2. The molecule has 0 saturated carbocycles. The van der Waals surface area contributed by atoms with Crippen LogP contribution in [0.5, 0.6) is 0 Å². The standard InChI is InChI=1S/C23H29NO/c1-16-20-9-7-5-6-8-17(20)12-15-21(16)24-22(25)18-10-13-19(14-11-18)23(2,3)4/h10-15H,5-9H2,1-4H3,(H,24,25). The number of aryl methyl sites for hydroxylation is 1. The first-order valence-corrected chi connectivity index (χ1v) is 9.39. The van der Waals surface area contributed by atoms with Gasteiger partial charge in [0.15, 0.2) is 0 Å². The Bertz CT molecular complexity index is 766. The second-order valence-electron chi connectivity index (χ2n) is 8.22. The average Bonchev–Trinajstić information content (AvgIpc) is 2.82. The molecule has 1 amide bonds. The van der Waals surface area contributed by atoms with E-state index in [1.807, 2.05) is 12.1 Å². The van der Waals surface area contributed by atoms with Crippen molar-refractivity contribution >= 4 is 11.6 Å². The Morgan fingerprint density at radius 1 is 0.920 bits per heavy atom. The molecule has 0 atom stereocenters. The van der Waals surface area contributed by atoms with Gasteiger partial charge in [-0.25, -0.2) is 0 Å². The van der Waals surface area contributed by atoms with E-state index < -0.39 is 0 Å². The number of hydrogen-bond acceptors (Lipinski definition) is 1. The number of hydrogen-bond donors (Lipinski definition) is 1. The number of carbonyl (C=O) groups excluding carboxylic acids is 1. The van der Waals surface area contributed by atoms with E-state index in [9.17, 15) is 4.79 Å². The third-order valence-corrected chi connectivity index (χ3v) is 5.33. The Hall–Kier alpha value is -2.09. The van der Waals surface area contributed by atoms with Crippen LogP contribution in [0.25, 0.3) is 0 Å². The lowest BCUT2D eigenvalue weighted by atomic mass is 9.86. The van der Waals surface area contributed by atoms with Gasteiger partial charge >= 0.3 is 0 Å². The second kappa shape index (κ2) is 7.03. The molecule has 25 heavy (non-hydrogen) atoms. The molecular formula is C23H29NO. The molecule has 2 aromatic rings. The average molecular weight is 335 g/mol. The van der Waals surface area contributed by atoms with Crippen molar-refractivity contribution in [3.8, 4) is 0 Å². The first-order valence-electron chi connectivity index (χ1n) is 9.39. The molecule has 2 aromatic carbocycles. The maximum atomic E-state index is 12.7. The molecule has 0 aliphatic heterocycles. The van der Waals surface area contributed by atoms with Gasteiger partial charge in [-0.2, -0.15) is 0 Å². The summed E-state index contributed by atoms with van der Waals surface area (Å²) in [5, 5.41) is 3.12. The summed E-state index contributed by atoms with van der Waals surface area (Å²) in [6.07, 6.45) is 6.12. The molecule has 1 aliphatic rings. The molecular weight excluding hydrogens is 306 g/mol. The van der Waals surface area contributed by atoms with E-state index in [2.05, 4.69) is 57.3 Å². The zero-order valence-electron chi connectivity index (χ0n) is 15.9. The van der Waals surface area contributed by atoms with Crippen molar-refractivity contribution in [1.29, 1.82) is 0 Å².